The molecule has 144 valence electrons. The van der Waals surface area contributed by atoms with Gasteiger partial charge in [0.1, 0.15) is 0 Å². The van der Waals surface area contributed by atoms with Crippen LogP contribution in [0.15, 0.2) is 48.5 Å². The van der Waals surface area contributed by atoms with Gasteiger partial charge in [-0.25, -0.2) is 8.42 Å². The normalized spacial score (nSPS) is 13.9. The van der Waals surface area contributed by atoms with Crippen molar-refractivity contribution in [3.63, 3.8) is 0 Å². The van der Waals surface area contributed by atoms with E-state index in [9.17, 15) is 13.2 Å². The summed E-state index contributed by atoms with van der Waals surface area (Å²) in [7, 11) is -3.26. The van der Waals surface area contributed by atoms with E-state index in [2.05, 4.69) is 17.4 Å². The molecular weight excluding hydrogens is 360 g/mol. The monoisotopic (exact) mass is 386 g/mol. The number of carbonyl (C=O) groups is 1. The van der Waals surface area contributed by atoms with Gasteiger partial charge in [-0.2, -0.15) is 0 Å². The van der Waals surface area contributed by atoms with E-state index in [1.807, 2.05) is 24.3 Å². The molecule has 0 atom stereocenters. The van der Waals surface area contributed by atoms with Crippen LogP contribution >= 0.6 is 0 Å². The van der Waals surface area contributed by atoms with Gasteiger partial charge < -0.3 is 5.32 Å². The molecule has 1 aliphatic rings. The van der Waals surface area contributed by atoms with Gasteiger partial charge in [-0.3, -0.25) is 9.10 Å². The molecule has 1 aliphatic heterocycles. The molecule has 2 aromatic carbocycles. The molecule has 0 saturated carbocycles. The van der Waals surface area contributed by atoms with Gasteiger partial charge in [-0.15, -0.1) is 0 Å². The van der Waals surface area contributed by atoms with Crippen LogP contribution in [-0.2, 0) is 27.7 Å². The second-order valence-corrected chi connectivity index (χ2v) is 8.99. The molecule has 5 nitrogen and oxygen atoms in total. The maximum Gasteiger partial charge on any atom is 0.234 e. The van der Waals surface area contributed by atoms with Crippen LogP contribution in [0.1, 0.15) is 37.3 Å². The van der Waals surface area contributed by atoms with Crippen molar-refractivity contribution < 1.29 is 13.2 Å². The number of rotatable bonds is 7. The minimum Gasteiger partial charge on any atom is -0.326 e. The fourth-order valence-electron chi connectivity index (χ4n) is 3.41. The third-order valence-corrected chi connectivity index (χ3v) is 6.63. The number of sulfonamides is 1. The third-order valence-electron chi connectivity index (χ3n) is 4.85. The molecule has 0 spiro atoms. The molecule has 0 saturated heterocycles. The Kier molecular flexibility index (Phi) is 6.16. The lowest BCUT2D eigenvalue weighted by Gasteiger charge is -2.30. The SMILES string of the molecule is CCS(=O)(=O)N1CCCc2cc(NC(=O)CCCc3ccccc3)ccc21. The van der Waals surface area contributed by atoms with Crippen molar-refractivity contribution in [1.29, 1.82) is 0 Å². The summed E-state index contributed by atoms with van der Waals surface area (Å²) in [4.78, 5) is 12.2. The minimum atomic E-state index is -3.26. The van der Waals surface area contributed by atoms with E-state index in [0.29, 0.717) is 13.0 Å². The average molecular weight is 387 g/mol. The van der Waals surface area contributed by atoms with Crippen molar-refractivity contribution in [1.82, 2.24) is 0 Å². The van der Waals surface area contributed by atoms with Crippen molar-refractivity contribution in [3.8, 4) is 0 Å². The van der Waals surface area contributed by atoms with Crippen molar-refractivity contribution in [3.05, 3.63) is 59.7 Å². The third kappa shape index (κ3) is 4.89. The van der Waals surface area contributed by atoms with Crippen LogP contribution in [0.3, 0.4) is 0 Å². The molecule has 1 N–H and O–H groups in total. The molecule has 0 radical (unpaired) electrons. The number of aryl methyl sites for hydroxylation is 2. The minimum absolute atomic E-state index is 0.0141. The first kappa shape index (κ1) is 19.4. The van der Waals surface area contributed by atoms with Crippen molar-refractivity contribution in [2.75, 3.05) is 21.9 Å². The highest BCUT2D eigenvalue weighted by Crippen LogP contribution is 2.31. The molecule has 2 aromatic rings. The lowest BCUT2D eigenvalue weighted by atomic mass is 10.0. The topological polar surface area (TPSA) is 66.5 Å². The predicted molar refractivity (Wildman–Crippen MR) is 110 cm³/mol. The molecule has 1 amide bonds. The number of hydrogen-bond donors (Lipinski definition) is 1. The highest BCUT2D eigenvalue weighted by Gasteiger charge is 2.26. The maximum atomic E-state index is 12.3. The number of hydrogen-bond acceptors (Lipinski definition) is 3. The van der Waals surface area contributed by atoms with Gasteiger partial charge in [0.25, 0.3) is 0 Å². The van der Waals surface area contributed by atoms with Gasteiger partial charge >= 0.3 is 0 Å². The van der Waals surface area contributed by atoms with Crippen LogP contribution < -0.4 is 9.62 Å². The summed E-state index contributed by atoms with van der Waals surface area (Å²) in [6, 6.07) is 15.6. The zero-order valence-corrected chi connectivity index (χ0v) is 16.5. The molecular formula is C21H26N2O3S. The first-order valence-electron chi connectivity index (χ1n) is 9.47. The Morgan fingerprint density at radius 3 is 2.67 bits per heavy atom. The van der Waals surface area contributed by atoms with E-state index in [1.165, 1.54) is 9.87 Å². The fourth-order valence-corrected chi connectivity index (χ4v) is 4.60. The van der Waals surface area contributed by atoms with Gasteiger partial charge in [-0.1, -0.05) is 30.3 Å². The van der Waals surface area contributed by atoms with Gasteiger partial charge in [-0.05, 0) is 61.9 Å². The molecule has 1 heterocycles. The van der Waals surface area contributed by atoms with Crippen LogP contribution in [0.5, 0.6) is 0 Å². The molecule has 0 fully saturated rings. The highest BCUT2D eigenvalue weighted by atomic mass is 32.2. The molecule has 6 heteroatoms. The van der Waals surface area contributed by atoms with Crippen LogP contribution in [0.2, 0.25) is 0 Å². The molecule has 0 aromatic heterocycles. The second kappa shape index (κ2) is 8.57. The van der Waals surface area contributed by atoms with Crippen molar-refractivity contribution in [2.45, 2.75) is 39.0 Å². The van der Waals surface area contributed by atoms with Gasteiger partial charge in [0.05, 0.1) is 11.4 Å². The van der Waals surface area contributed by atoms with E-state index in [1.54, 1.807) is 19.1 Å². The average Bonchev–Trinajstić information content (AvgIpc) is 2.68. The van der Waals surface area contributed by atoms with Gasteiger partial charge in [0.15, 0.2) is 0 Å². The van der Waals surface area contributed by atoms with E-state index in [0.717, 1.165) is 42.6 Å². The van der Waals surface area contributed by atoms with Crippen LogP contribution in [0.4, 0.5) is 11.4 Å². The molecule has 0 aliphatic carbocycles. The van der Waals surface area contributed by atoms with E-state index in [-0.39, 0.29) is 11.7 Å². The highest BCUT2D eigenvalue weighted by molar-refractivity contribution is 7.92. The summed E-state index contributed by atoms with van der Waals surface area (Å²) < 4.78 is 26.0. The lowest BCUT2D eigenvalue weighted by molar-refractivity contribution is -0.116. The van der Waals surface area contributed by atoms with Gasteiger partial charge in [0.2, 0.25) is 15.9 Å². The van der Waals surface area contributed by atoms with E-state index >= 15 is 0 Å². The Morgan fingerprint density at radius 2 is 1.93 bits per heavy atom. The number of amides is 1. The van der Waals surface area contributed by atoms with Crippen molar-refractivity contribution in [2.24, 2.45) is 0 Å². The van der Waals surface area contributed by atoms with Crippen LogP contribution in [0, 0.1) is 0 Å². The lowest BCUT2D eigenvalue weighted by Crippen LogP contribution is -2.36. The Labute approximate surface area is 161 Å². The summed E-state index contributed by atoms with van der Waals surface area (Å²) in [6.07, 6.45) is 3.75. The summed E-state index contributed by atoms with van der Waals surface area (Å²) in [6.45, 7) is 2.18. The number of anilines is 2. The zero-order chi connectivity index (χ0) is 19.3. The molecule has 27 heavy (non-hydrogen) atoms. The Bertz CT molecular complexity index is 895. The summed E-state index contributed by atoms with van der Waals surface area (Å²) in [5.74, 6) is 0.0755. The summed E-state index contributed by atoms with van der Waals surface area (Å²) in [5, 5.41) is 2.94. The number of benzene rings is 2. The standard InChI is InChI=1S/C21H26N2O3S/c1-2-27(25,26)23-15-7-11-18-16-19(13-14-20(18)23)22-21(24)12-6-10-17-8-4-3-5-9-17/h3-5,8-9,13-14,16H,2,6-7,10-12,15H2,1H3,(H,22,24). The zero-order valence-electron chi connectivity index (χ0n) is 15.6. The van der Waals surface area contributed by atoms with Crippen LogP contribution in [-0.4, -0.2) is 26.6 Å². The Balaban J connectivity index is 1.61. The maximum absolute atomic E-state index is 12.3. The Hall–Kier alpha value is -2.34. The van der Waals surface area contributed by atoms with E-state index in [4.69, 9.17) is 0 Å². The van der Waals surface area contributed by atoms with Crippen molar-refractivity contribution >= 4 is 27.3 Å². The molecule has 3 rings (SSSR count). The number of carbonyl (C=O) groups excluding carboxylic acids is 1. The molecule has 0 bridgehead atoms. The van der Waals surface area contributed by atoms with Gasteiger partial charge in [0, 0.05) is 18.7 Å². The van der Waals surface area contributed by atoms with Crippen LogP contribution in [0.25, 0.3) is 0 Å². The van der Waals surface area contributed by atoms with E-state index < -0.39 is 10.0 Å². The number of nitrogens with zero attached hydrogens (tertiary/aromatic N) is 1. The smallest absolute Gasteiger partial charge is 0.234 e. The largest absolute Gasteiger partial charge is 0.326 e. The Morgan fingerprint density at radius 1 is 1.15 bits per heavy atom. The first-order chi connectivity index (χ1) is 13.0. The number of fused-ring (bicyclic) bond motifs is 1. The first-order valence-corrected chi connectivity index (χ1v) is 11.1. The molecule has 0 unspecified atom stereocenters. The summed E-state index contributed by atoms with van der Waals surface area (Å²) in [5.41, 5.74) is 3.68. The number of nitrogens with one attached hydrogen (secondary N) is 1. The second-order valence-electron chi connectivity index (χ2n) is 6.81. The predicted octanol–water partition coefficient (Wildman–Crippen LogP) is 3.75. The quantitative estimate of drug-likeness (QED) is 0.788. The summed E-state index contributed by atoms with van der Waals surface area (Å²) >= 11 is 0. The fraction of sp³-hybridized carbons (Fsp3) is 0.381.